The smallest absolute Gasteiger partial charge is 0.305 e. The van der Waals surface area contributed by atoms with Crippen LogP contribution in [0.3, 0.4) is 0 Å². The molecule has 5 N–H and O–H groups in total. The zero-order valence-electron chi connectivity index (χ0n) is 15.6. The molecular weight excluding hydrogens is 425 g/mol. The molecule has 1 aromatic carbocycles. The second-order valence-electron chi connectivity index (χ2n) is 5.98. The van der Waals surface area contributed by atoms with Crippen LogP contribution in [0.1, 0.15) is 11.1 Å². The molecule has 0 saturated carbocycles. The van der Waals surface area contributed by atoms with Crippen molar-refractivity contribution in [2.45, 2.75) is 11.4 Å². The van der Waals surface area contributed by atoms with E-state index in [0.29, 0.717) is 5.56 Å². The van der Waals surface area contributed by atoms with Crippen LogP contribution in [0, 0.1) is 0 Å². The maximum atomic E-state index is 12.6. The van der Waals surface area contributed by atoms with Crippen LogP contribution in [-0.4, -0.2) is 57.2 Å². The van der Waals surface area contributed by atoms with Crippen LogP contribution in [0.5, 0.6) is 0 Å². The van der Waals surface area contributed by atoms with Gasteiger partial charge in [-0.15, -0.1) is 0 Å². The number of nitrogens with one attached hydrogen (secondary N) is 1. The molecule has 1 aromatic heterocycles. The van der Waals surface area contributed by atoms with E-state index in [-0.39, 0.29) is 4.90 Å². The molecule has 1 amide bonds. The summed E-state index contributed by atoms with van der Waals surface area (Å²) in [6, 6.07) is 8.26. The van der Waals surface area contributed by atoms with E-state index in [2.05, 4.69) is 0 Å². The largest absolute Gasteiger partial charge is 0.466 e. The average molecular weight is 447 g/mol. The number of amides is 1. The van der Waals surface area contributed by atoms with Gasteiger partial charge < -0.3 is 19.6 Å². The summed E-state index contributed by atoms with van der Waals surface area (Å²) in [6.45, 7) is 0.728. The molecule has 11 nitrogen and oxygen atoms in total. The molecule has 160 valence electrons. The predicted octanol–water partition coefficient (Wildman–Crippen LogP) is 0.377. The number of carbonyl (C=O) groups is 1. The molecule has 13 heteroatoms. The molecule has 2 rings (SSSR count). The molecule has 0 aliphatic rings. The number of rotatable bonds is 6. The maximum absolute atomic E-state index is 12.6. The first-order chi connectivity index (χ1) is 13.3. The topological polar surface area (TPSA) is 169 Å². The summed E-state index contributed by atoms with van der Waals surface area (Å²) in [5, 5.41) is 8.42. The Morgan fingerprint density at radius 2 is 1.72 bits per heavy atom. The fourth-order valence-electron chi connectivity index (χ4n) is 2.10. The lowest BCUT2D eigenvalue weighted by molar-refractivity contribution is -0.124. The van der Waals surface area contributed by atoms with Crippen molar-refractivity contribution in [2.24, 2.45) is 0 Å². The molecule has 1 heterocycles. The second kappa shape index (κ2) is 10.5. The van der Waals surface area contributed by atoms with Gasteiger partial charge in [-0.05, 0) is 49.5 Å². The van der Waals surface area contributed by atoms with Crippen molar-refractivity contribution in [3.63, 3.8) is 0 Å². The van der Waals surface area contributed by atoms with E-state index in [1.165, 1.54) is 23.9 Å². The molecule has 0 unspecified atom stereocenters. The van der Waals surface area contributed by atoms with Gasteiger partial charge in [-0.25, -0.2) is 22.4 Å². The van der Waals surface area contributed by atoms with Gasteiger partial charge in [0.1, 0.15) is 0 Å². The summed E-state index contributed by atoms with van der Waals surface area (Å²) in [6.07, 6.45) is 5.30. The summed E-state index contributed by atoms with van der Waals surface area (Å²) in [5.74, 6) is -0.693. The zero-order chi connectivity index (χ0) is 22.2. The molecule has 0 aliphatic carbocycles. The van der Waals surface area contributed by atoms with Crippen LogP contribution in [0.25, 0.3) is 6.08 Å². The van der Waals surface area contributed by atoms with Crippen LogP contribution < -0.4 is 5.48 Å². The molecule has 29 heavy (non-hydrogen) atoms. The van der Waals surface area contributed by atoms with E-state index in [1.54, 1.807) is 30.3 Å². The molecule has 0 bridgehead atoms. The van der Waals surface area contributed by atoms with E-state index in [9.17, 15) is 13.2 Å². The first-order valence-electron chi connectivity index (χ1n) is 7.90. The second-order valence-corrected chi connectivity index (χ2v) is 8.85. The zero-order valence-corrected chi connectivity index (χ0v) is 17.3. The molecule has 0 saturated heterocycles. The summed E-state index contributed by atoms with van der Waals surface area (Å²) in [7, 11) is -4.45. The number of hydroxylamine groups is 1. The Labute approximate surface area is 167 Å². The fourth-order valence-corrected chi connectivity index (χ4v) is 3.31. The highest BCUT2D eigenvalue weighted by molar-refractivity contribution is 7.90. The van der Waals surface area contributed by atoms with Gasteiger partial charge in [0, 0.05) is 25.0 Å². The molecule has 0 aliphatic heterocycles. The third-order valence-electron chi connectivity index (χ3n) is 3.23. The average Bonchev–Trinajstić information content (AvgIpc) is 3.08. The Morgan fingerprint density at radius 1 is 1.17 bits per heavy atom. The van der Waals surface area contributed by atoms with Crippen molar-refractivity contribution in [2.75, 3.05) is 14.1 Å². The number of carbonyl (C=O) groups excluding carboxylic acids is 1. The first kappa shape index (κ1) is 24.7. The molecule has 0 radical (unpaired) electrons. The lowest BCUT2D eigenvalue weighted by Crippen LogP contribution is -2.14. The number of hydrogen-bond donors (Lipinski definition) is 5. The van der Waals surface area contributed by atoms with Gasteiger partial charge >= 0.3 is 7.82 Å². The Balaban J connectivity index is 0.000000749. The molecule has 0 fully saturated rings. The molecule has 2 aromatic rings. The number of phosphoric acid groups is 1. The SMILES string of the molecule is CN(C)Cc1ccc(S(=O)(=O)n2ccc(C=CC(=O)NO)c2)cc1.O=P(O)(O)O. The minimum atomic E-state index is -4.64. The normalized spacial score (nSPS) is 12.0. The highest BCUT2D eigenvalue weighted by Crippen LogP contribution is 2.25. The van der Waals surface area contributed by atoms with Crippen LogP contribution in [0.2, 0.25) is 0 Å². The van der Waals surface area contributed by atoms with Gasteiger partial charge in [0.2, 0.25) is 0 Å². The van der Waals surface area contributed by atoms with Gasteiger partial charge in [0.05, 0.1) is 4.90 Å². The first-order valence-corrected chi connectivity index (χ1v) is 10.9. The monoisotopic (exact) mass is 447 g/mol. The van der Waals surface area contributed by atoms with E-state index in [0.717, 1.165) is 22.2 Å². The quantitative estimate of drug-likeness (QED) is 0.182. The summed E-state index contributed by atoms with van der Waals surface area (Å²) in [4.78, 5) is 34.7. The lowest BCUT2D eigenvalue weighted by Gasteiger charge is -2.10. The van der Waals surface area contributed by atoms with Crippen LogP contribution in [0.15, 0.2) is 53.7 Å². The molecule has 0 spiro atoms. The van der Waals surface area contributed by atoms with E-state index in [1.807, 2.05) is 19.0 Å². The van der Waals surface area contributed by atoms with Gasteiger partial charge in [-0.3, -0.25) is 10.0 Å². The number of nitrogens with zero attached hydrogens (tertiary/aromatic N) is 2. The highest BCUT2D eigenvalue weighted by Gasteiger charge is 2.16. The fraction of sp³-hybridized carbons (Fsp3) is 0.188. The van der Waals surface area contributed by atoms with Gasteiger partial charge in [-0.1, -0.05) is 12.1 Å². The third kappa shape index (κ3) is 9.15. The predicted molar refractivity (Wildman–Crippen MR) is 104 cm³/mol. The number of hydrogen-bond acceptors (Lipinski definition) is 6. The standard InChI is InChI=1S/C16H19N3O4S.H3O4P/c1-18(2)11-13-3-6-15(7-4-13)24(22,23)19-10-9-14(12-19)5-8-16(20)17-21;1-5(2,3)4/h3-10,12,21H,11H2,1-2H3,(H,17,20);(H3,1,2,3,4). The number of aromatic nitrogens is 1. The van der Waals surface area contributed by atoms with E-state index < -0.39 is 23.8 Å². The Hall–Kier alpha value is -2.31. The summed E-state index contributed by atoms with van der Waals surface area (Å²) < 4.78 is 35.1. The molecule has 0 atom stereocenters. The Morgan fingerprint density at radius 3 is 2.21 bits per heavy atom. The highest BCUT2D eigenvalue weighted by atomic mass is 32.2. The van der Waals surface area contributed by atoms with Crippen LogP contribution >= 0.6 is 7.82 Å². The van der Waals surface area contributed by atoms with Gasteiger partial charge in [0.15, 0.2) is 0 Å². The van der Waals surface area contributed by atoms with Crippen molar-refractivity contribution < 1.29 is 37.7 Å². The minimum Gasteiger partial charge on any atom is -0.305 e. The molecular formula is C16H22N3O8PS. The summed E-state index contributed by atoms with van der Waals surface area (Å²) >= 11 is 0. The van der Waals surface area contributed by atoms with E-state index >= 15 is 0 Å². The van der Waals surface area contributed by atoms with Crippen molar-refractivity contribution in [3.05, 3.63) is 59.9 Å². The van der Waals surface area contributed by atoms with Crippen LogP contribution in [0.4, 0.5) is 0 Å². The lowest BCUT2D eigenvalue weighted by atomic mass is 10.2. The van der Waals surface area contributed by atoms with Crippen molar-refractivity contribution >= 4 is 29.8 Å². The van der Waals surface area contributed by atoms with Crippen molar-refractivity contribution in [3.8, 4) is 0 Å². The minimum absolute atomic E-state index is 0.184. The Bertz CT molecular complexity index is 985. The van der Waals surface area contributed by atoms with Crippen molar-refractivity contribution in [1.29, 1.82) is 0 Å². The van der Waals surface area contributed by atoms with Crippen molar-refractivity contribution in [1.82, 2.24) is 14.4 Å². The van der Waals surface area contributed by atoms with E-state index in [4.69, 9.17) is 24.5 Å². The summed E-state index contributed by atoms with van der Waals surface area (Å²) in [5.41, 5.74) is 3.00. The third-order valence-corrected chi connectivity index (χ3v) is 4.88. The maximum Gasteiger partial charge on any atom is 0.466 e. The van der Waals surface area contributed by atoms with Crippen LogP contribution in [-0.2, 0) is 25.9 Å². The van der Waals surface area contributed by atoms with Gasteiger partial charge in [0.25, 0.3) is 15.9 Å². The van der Waals surface area contributed by atoms with Gasteiger partial charge in [-0.2, -0.15) is 0 Å². The Kier molecular flexibility index (Phi) is 8.92. The number of benzene rings is 1.